The van der Waals surface area contributed by atoms with Crippen LogP contribution >= 0.6 is 11.3 Å². The van der Waals surface area contributed by atoms with Gasteiger partial charge in [0.25, 0.3) is 5.91 Å². The first-order chi connectivity index (χ1) is 13.5. The maximum atomic E-state index is 12.7. The van der Waals surface area contributed by atoms with Crippen LogP contribution < -0.4 is 9.64 Å². The van der Waals surface area contributed by atoms with E-state index in [4.69, 9.17) is 9.47 Å². The molecule has 0 aliphatic carbocycles. The standard InChI is InChI=1S/C19H24N4O4S/c1-4-26-18(25)15-12-21-19(28-15)23-9-7-22(8-10-23)17(24)14-5-6-16(20-11-14)27-13(2)3/h5-6,11-13H,4,7-10H2,1-3H3. The molecule has 0 N–H and O–H groups in total. The van der Waals surface area contributed by atoms with Crippen molar-refractivity contribution in [3.63, 3.8) is 0 Å². The zero-order valence-electron chi connectivity index (χ0n) is 16.3. The van der Waals surface area contributed by atoms with Gasteiger partial charge in [0.2, 0.25) is 5.88 Å². The molecule has 1 aliphatic rings. The number of carbonyl (C=O) groups excluding carboxylic acids is 2. The molecule has 0 radical (unpaired) electrons. The molecule has 28 heavy (non-hydrogen) atoms. The van der Waals surface area contributed by atoms with Crippen molar-refractivity contribution in [1.82, 2.24) is 14.9 Å². The minimum Gasteiger partial charge on any atom is -0.475 e. The molecule has 0 aromatic carbocycles. The van der Waals surface area contributed by atoms with Crippen molar-refractivity contribution in [3.05, 3.63) is 35.0 Å². The SMILES string of the molecule is CCOC(=O)c1cnc(N2CCN(C(=O)c3ccc(OC(C)C)nc3)CC2)s1. The second kappa shape index (κ2) is 9.01. The summed E-state index contributed by atoms with van der Waals surface area (Å²) in [6, 6.07) is 3.46. The van der Waals surface area contributed by atoms with Gasteiger partial charge in [0, 0.05) is 38.4 Å². The van der Waals surface area contributed by atoms with Crippen molar-refractivity contribution in [3.8, 4) is 5.88 Å². The van der Waals surface area contributed by atoms with Gasteiger partial charge in [-0.25, -0.2) is 14.8 Å². The molecule has 8 nitrogen and oxygen atoms in total. The van der Waals surface area contributed by atoms with E-state index in [-0.39, 0.29) is 18.0 Å². The number of esters is 1. The van der Waals surface area contributed by atoms with E-state index in [0.29, 0.717) is 49.1 Å². The van der Waals surface area contributed by atoms with Crippen molar-refractivity contribution in [2.45, 2.75) is 26.9 Å². The van der Waals surface area contributed by atoms with Crippen LogP contribution in [0.15, 0.2) is 24.5 Å². The topological polar surface area (TPSA) is 84.9 Å². The molecule has 1 saturated heterocycles. The van der Waals surface area contributed by atoms with Crippen LogP contribution in [-0.4, -0.2) is 65.6 Å². The lowest BCUT2D eigenvalue weighted by atomic mass is 10.2. The Morgan fingerprint density at radius 2 is 1.89 bits per heavy atom. The molecule has 1 amide bonds. The summed E-state index contributed by atoms with van der Waals surface area (Å²) in [5, 5.41) is 0.770. The smallest absolute Gasteiger partial charge is 0.350 e. The summed E-state index contributed by atoms with van der Waals surface area (Å²) in [5.41, 5.74) is 0.545. The fourth-order valence-corrected chi connectivity index (χ4v) is 3.67. The van der Waals surface area contributed by atoms with Gasteiger partial charge in [-0.1, -0.05) is 11.3 Å². The second-order valence-corrected chi connectivity index (χ2v) is 7.57. The van der Waals surface area contributed by atoms with Crippen molar-refractivity contribution < 1.29 is 19.1 Å². The zero-order chi connectivity index (χ0) is 20.1. The van der Waals surface area contributed by atoms with E-state index < -0.39 is 0 Å². The van der Waals surface area contributed by atoms with Crippen molar-refractivity contribution in [2.75, 3.05) is 37.7 Å². The Balaban J connectivity index is 1.56. The highest BCUT2D eigenvalue weighted by Gasteiger charge is 2.24. The lowest BCUT2D eigenvalue weighted by Crippen LogP contribution is -2.48. The molecule has 1 fully saturated rings. The minimum atomic E-state index is -0.350. The van der Waals surface area contributed by atoms with Crippen molar-refractivity contribution in [2.24, 2.45) is 0 Å². The summed E-state index contributed by atoms with van der Waals surface area (Å²) in [6.45, 7) is 8.45. The monoisotopic (exact) mass is 404 g/mol. The highest BCUT2D eigenvalue weighted by molar-refractivity contribution is 7.17. The van der Waals surface area contributed by atoms with E-state index >= 15 is 0 Å². The second-order valence-electron chi connectivity index (χ2n) is 6.56. The third-order valence-corrected chi connectivity index (χ3v) is 5.19. The number of anilines is 1. The molecule has 3 rings (SSSR count). The predicted octanol–water partition coefficient (Wildman–Crippen LogP) is 2.46. The number of nitrogens with zero attached hydrogens (tertiary/aromatic N) is 4. The quantitative estimate of drug-likeness (QED) is 0.684. The summed E-state index contributed by atoms with van der Waals surface area (Å²) in [4.78, 5) is 37.4. The van der Waals surface area contributed by atoms with Crippen LogP contribution in [0, 0.1) is 0 Å². The predicted molar refractivity (Wildman–Crippen MR) is 106 cm³/mol. The third-order valence-electron chi connectivity index (χ3n) is 4.15. The first kappa shape index (κ1) is 20.1. The number of pyridine rings is 1. The Kier molecular flexibility index (Phi) is 6.45. The molecule has 2 aromatic rings. The third kappa shape index (κ3) is 4.78. The number of piperazine rings is 1. The number of rotatable bonds is 6. The molecular formula is C19H24N4O4S. The Hall–Kier alpha value is -2.68. The molecule has 0 saturated carbocycles. The number of hydrogen-bond acceptors (Lipinski definition) is 8. The number of thiazole rings is 1. The first-order valence-corrected chi connectivity index (χ1v) is 10.1. The number of hydrogen-bond donors (Lipinski definition) is 0. The average Bonchev–Trinajstić information content (AvgIpc) is 3.18. The van der Waals surface area contributed by atoms with E-state index in [1.807, 2.05) is 13.8 Å². The van der Waals surface area contributed by atoms with Crippen LogP contribution in [0.4, 0.5) is 5.13 Å². The van der Waals surface area contributed by atoms with Gasteiger partial charge in [-0.3, -0.25) is 4.79 Å². The number of amides is 1. The molecule has 0 spiro atoms. The van der Waals surface area contributed by atoms with Gasteiger partial charge < -0.3 is 19.3 Å². The normalized spacial score (nSPS) is 14.3. The number of aromatic nitrogens is 2. The van der Waals surface area contributed by atoms with E-state index in [2.05, 4.69) is 14.9 Å². The van der Waals surface area contributed by atoms with Gasteiger partial charge in [-0.15, -0.1) is 0 Å². The van der Waals surface area contributed by atoms with Gasteiger partial charge >= 0.3 is 5.97 Å². The molecule has 150 valence electrons. The minimum absolute atomic E-state index is 0.0392. The number of carbonyl (C=O) groups is 2. The van der Waals surface area contributed by atoms with E-state index in [1.54, 1.807) is 36.4 Å². The van der Waals surface area contributed by atoms with E-state index in [9.17, 15) is 9.59 Å². The largest absolute Gasteiger partial charge is 0.475 e. The summed E-state index contributed by atoms with van der Waals surface area (Å²) < 4.78 is 10.5. The van der Waals surface area contributed by atoms with Gasteiger partial charge in [0.15, 0.2) is 5.13 Å². The van der Waals surface area contributed by atoms with Crippen LogP contribution in [0.2, 0.25) is 0 Å². The highest BCUT2D eigenvalue weighted by atomic mass is 32.1. The van der Waals surface area contributed by atoms with Gasteiger partial charge in [-0.05, 0) is 26.8 Å². The zero-order valence-corrected chi connectivity index (χ0v) is 17.1. The summed E-state index contributed by atoms with van der Waals surface area (Å²) in [5.74, 6) is 0.115. The summed E-state index contributed by atoms with van der Waals surface area (Å²) in [6.07, 6.45) is 3.14. The van der Waals surface area contributed by atoms with Crippen molar-refractivity contribution >= 4 is 28.3 Å². The molecular weight excluding hydrogens is 380 g/mol. The number of ether oxygens (including phenoxy) is 2. The molecule has 0 unspecified atom stereocenters. The molecule has 9 heteroatoms. The van der Waals surface area contributed by atoms with Crippen LogP contribution in [0.5, 0.6) is 5.88 Å². The fourth-order valence-electron chi connectivity index (χ4n) is 2.81. The van der Waals surface area contributed by atoms with Crippen LogP contribution in [0.1, 0.15) is 40.8 Å². The maximum Gasteiger partial charge on any atom is 0.350 e. The average molecular weight is 404 g/mol. The Morgan fingerprint density at radius 3 is 2.50 bits per heavy atom. The fraction of sp³-hybridized carbons (Fsp3) is 0.474. The molecule has 1 aliphatic heterocycles. The summed E-state index contributed by atoms with van der Waals surface area (Å²) in [7, 11) is 0. The van der Waals surface area contributed by atoms with Crippen molar-refractivity contribution in [1.29, 1.82) is 0 Å². The van der Waals surface area contributed by atoms with Gasteiger partial charge in [-0.2, -0.15) is 0 Å². The lowest BCUT2D eigenvalue weighted by molar-refractivity contribution is 0.0531. The van der Waals surface area contributed by atoms with E-state index in [1.165, 1.54) is 11.3 Å². The maximum absolute atomic E-state index is 12.7. The van der Waals surface area contributed by atoms with Crippen LogP contribution in [0.3, 0.4) is 0 Å². The first-order valence-electron chi connectivity index (χ1n) is 9.27. The molecule has 3 heterocycles. The van der Waals surface area contributed by atoms with Gasteiger partial charge in [0.1, 0.15) is 4.88 Å². The molecule has 0 atom stereocenters. The Morgan fingerprint density at radius 1 is 1.14 bits per heavy atom. The lowest BCUT2D eigenvalue weighted by Gasteiger charge is -2.34. The molecule has 2 aromatic heterocycles. The van der Waals surface area contributed by atoms with E-state index in [0.717, 1.165) is 5.13 Å². The van der Waals surface area contributed by atoms with Crippen LogP contribution in [0.25, 0.3) is 0 Å². The Labute approximate surface area is 168 Å². The summed E-state index contributed by atoms with van der Waals surface area (Å²) >= 11 is 1.31. The van der Waals surface area contributed by atoms with Crippen LogP contribution in [-0.2, 0) is 4.74 Å². The highest BCUT2D eigenvalue weighted by Crippen LogP contribution is 2.24. The molecule has 0 bridgehead atoms. The van der Waals surface area contributed by atoms with Gasteiger partial charge in [0.05, 0.1) is 24.5 Å². The Bertz CT molecular complexity index is 814.